The summed E-state index contributed by atoms with van der Waals surface area (Å²) in [6.07, 6.45) is 0. The summed E-state index contributed by atoms with van der Waals surface area (Å²) in [4.78, 5) is 0. The zero-order valence-corrected chi connectivity index (χ0v) is 10.5. The van der Waals surface area contributed by atoms with Crippen LogP contribution in [0, 0.1) is 6.92 Å². The van der Waals surface area contributed by atoms with Crippen LogP contribution in [0.4, 0.5) is 11.4 Å². The van der Waals surface area contributed by atoms with Gasteiger partial charge in [0, 0.05) is 22.9 Å². The number of rotatable bonds is 3. The van der Waals surface area contributed by atoms with E-state index < -0.39 is 0 Å². The molecule has 2 aromatic rings. The topological polar surface area (TPSA) is 38.0 Å². The first-order valence-electron chi connectivity index (χ1n) is 5.49. The molecule has 0 aromatic heterocycles. The van der Waals surface area contributed by atoms with E-state index >= 15 is 0 Å². The van der Waals surface area contributed by atoms with Crippen molar-refractivity contribution in [3.8, 4) is 0 Å². The first-order valence-corrected chi connectivity index (χ1v) is 5.87. The zero-order valence-electron chi connectivity index (χ0n) is 9.70. The fourth-order valence-electron chi connectivity index (χ4n) is 1.60. The van der Waals surface area contributed by atoms with Crippen molar-refractivity contribution < 1.29 is 0 Å². The highest BCUT2D eigenvalue weighted by molar-refractivity contribution is 6.30. The molecule has 2 rings (SSSR count). The lowest BCUT2D eigenvalue weighted by atomic mass is 10.1. The molecule has 0 aliphatic rings. The number of nitrogens with two attached hydrogens (primary N) is 1. The second kappa shape index (κ2) is 5.11. The predicted molar refractivity (Wildman–Crippen MR) is 74.4 cm³/mol. The van der Waals surface area contributed by atoms with E-state index in [2.05, 4.69) is 36.5 Å². The van der Waals surface area contributed by atoms with Crippen molar-refractivity contribution in [1.82, 2.24) is 0 Å². The number of nitrogens with one attached hydrogen (secondary N) is 1. The minimum atomic E-state index is 0.676. The van der Waals surface area contributed by atoms with E-state index in [1.165, 1.54) is 5.56 Å². The zero-order chi connectivity index (χ0) is 12.3. The van der Waals surface area contributed by atoms with Gasteiger partial charge in [0.25, 0.3) is 0 Å². The van der Waals surface area contributed by atoms with Gasteiger partial charge < -0.3 is 11.1 Å². The number of nitrogen functional groups attached to an aromatic ring is 1. The van der Waals surface area contributed by atoms with Gasteiger partial charge in [0.15, 0.2) is 0 Å². The largest absolute Gasteiger partial charge is 0.398 e. The van der Waals surface area contributed by atoms with Gasteiger partial charge in [-0.15, -0.1) is 0 Å². The summed E-state index contributed by atoms with van der Waals surface area (Å²) in [6, 6.07) is 13.8. The minimum absolute atomic E-state index is 0.676. The van der Waals surface area contributed by atoms with Crippen LogP contribution in [-0.4, -0.2) is 0 Å². The Morgan fingerprint density at radius 2 is 1.82 bits per heavy atom. The highest BCUT2D eigenvalue weighted by atomic mass is 35.5. The molecule has 0 amide bonds. The van der Waals surface area contributed by atoms with Crippen LogP contribution in [0.1, 0.15) is 11.1 Å². The summed E-state index contributed by atoms with van der Waals surface area (Å²) in [5, 5.41) is 4.03. The van der Waals surface area contributed by atoms with E-state index in [1.807, 2.05) is 12.1 Å². The molecule has 2 aromatic carbocycles. The molecule has 2 nitrogen and oxygen atoms in total. The van der Waals surface area contributed by atoms with Gasteiger partial charge in [0.2, 0.25) is 0 Å². The highest BCUT2D eigenvalue weighted by Crippen LogP contribution is 2.19. The van der Waals surface area contributed by atoms with Crippen LogP contribution < -0.4 is 11.1 Å². The van der Waals surface area contributed by atoms with Gasteiger partial charge in [-0.25, -0.2) is 0 Å². The summed E-state index contributed by atoms with van der Waals surface area (Å²) in [6.45, 7) is 2.74. The van der Waals surface area contributed by atoms with Gasteiger partial charge in [0.1, 0.15) is 0 Å². The number of anilines is 2. The van der Waals surface area contributed by atoms with Crippen molar-refractivity contribution in [1.29, 1.82) is 0 Å². The van der Waals surface area contributed by atoms with Crippen molar-refractivity contribution in [2.45, 2.75) is 13.5 Å². The van der Waals surface area contributed by atoms with Crippen molar-refractivity contribution in [3.63, 3.8) is 0 Å². The maximum absolute atomic E-state index is 5.94. The lowest BCUT2D eigenvalue weighted by Gasteiger charge is -2.09. The molecule has 0 heterocycles. The van der Waals surface area contributed by atoms with Crippen molar-refractivity contribution >= 4 is 23.0 Å². The standard InChI is InChI=1S/C14H15ClN2/c1-10-2-5-13(6-3-10)17-9-11-8-12(15)4-7-14(11)16/h2-8,17H,9,16H2,1H3. The van der Waals surface area contributed by atoms with Crippen LogP contribution in [0.2, 0.25) is 5.02 Å². The molecule has 3 N–H and O–H groups in total. The average Bonchev–Trinajstić information content (AvgIpc) is 2.32. The Morgan fingerprint density at radius 1 is 1.12 bits per heavy atom. The summed E-state index contributed by atoms with van der Waals surface area (Å²) < 4.78 is 0. The normalized spacial score (nSPS) is 10.2. The summed E-state index contributed by atoms with van der Waals surface area (Å²) in [5.74, 6) is 0. The van der Waals surface area contributed by atoms with Crippen LogP contribution in [0.5, 0.6) is 0 Å². The molecule has 0 radical (unpaired) electrons. The Morgan fingerprint density at radius 3 is 2.53 bits per heavy atom. The second-order valence-corrected chi connectivity index (χ2v) is 4.50. The number of halogens is 1. The molecular weight excluding hydrogens is 232 g/mol. The van der Waals surface area contributed by atoms with E-state index in [1.54, 1.807) is 6.07 Å². The van der Waals surface area contributed by atoms with Crippen LogP contribution in [-0.2, 0) is 6.54 Å². The lowest BCUT2D eigenvalue weighted by molar-refractivity contribution is 1.15. The van der Waals surface area contributed by atoms with Crippen molar-refractivity contribution in [2.24, 2.45) is 0 Å². The van der Waals surface area contributed by atoms with E-state index in [4.69, 9.17) is 17.3 Å². The molecule has 0 saturated carbocycles. The van der Waals surface area contributed by atoms with Crippen LogP contribution in [0.25, 0.3) is 0 Å². The summed E-state index contributed by atoms with van der Waals surface area (Å²) >= 11 is 5.94. The van der Waals surface area contributed by atoms with E-state index in [0.29, 0.717) is 11.6 Å². The SMILES string of the molecule is Cc1ccc(NCc2cc(Cl)ccc2N)cc1. The van der Waals surface area contributed by atoms with E-state index in [9.17, 15) is 0 Å². The van der Waals surface area contributed by atoms with Crippen LogP contribution in [0.15, 0.2) is 42.5 Å². The smallest absolute Gasteiger partial charge is 0.0421 e. The van der Waals surface area contributed by atoms with Gasteiger partial charge in [-0.2, -0.15) is 0 Å². The highest BCUT2D eigenvalue weighted by Gasteiger charge is 2.00. The Hall–Kier alpha value is -1.67. The maximum Gasteiger partial charge on any atom is 0.0421 e. The molecule has 88 valence electrons. The molecule has 3 heteroatoms. The van der Waals surface area contributed by atoms with Gasteiger partial charge in [0.05, 0.1) is 0 Å². The quantitative estimate of drug-likeness (QED) is 0.808. The molecule has 0 aliphatic carbocycles. The average molecular weight is 247 g/mol. The van der Waals surface area contributed by atoms with E-state index in [0.717, 1.165) is 16.9 Å². The Kier molecular flexibility index (Phi) is 3.55. The predicted octanol–water partition coefficient (Wildman–Crippen LogP) is 3.84. The van der Waals surface area contributed by atoms with Crippen molar-refractivity contribution in [2.75, 3.05) is 11.1 Å². The molecule has 0 unspecified atom stereocenters. The number of benzene rings is 2. The first kappa shape index (κ1) is 11.8. The third-order valence-corrected chi connectivity index (χ3v) is 2.87. The molecule has 0 aliphatic heterocycles. The minimum Gasteiger partial charge on any atom is -0.398 e. The number of hydrogen-bond acceptors (Lipinski definition) is 2. The van der Waals surface area contributed by atoms with Gasteiger partial charge in [-0.3, -0.25) is 0 Å². The molecule has 0 saturated heterocycles. The first-order chi connectivity index (χ1) is 8.15. The van der Waals surface area contributed by atoms with Gasteiger partial charge in [-0.05, 0) is 42.8 Å². The molecule has 0 bridgehead atoms. The third-order valence-electron chi connectivity index (χ3n) is 2.64. The molecule has 0 fully saturated rings. The summed E-state index contributed by atoms with van der Waals surface area (Å²) in [7, 11) is 0. The molecular formula is C14H15ClN2. The molecule has 0 spiro atoms. The van der Waals surface area contributed by atoms with Crippen molar-refractivity contribution in [3.05, 3.63) is 58.6 Å². The second-order valence-electron chi connectivity index (χ2n) is 4.06. The fourth-order valence-corrected chi connectivity index (χ4v) is 1.79. The van der Waals surface area contributed by atoms with Crippen LogP contribution >= 0.6 is 11.6 Å². The van der Waals surface area contributed by atoms with Crippen LogP contribution in [0.3, 0.4) is 0 Å². The monoisotopic (exact) mass is 246 g/mol. The lowest BCUT2D eigenvalue weighted by Crippen LogP contribution is -2.02. The summed E-state index contributed by atoms with van der Waals surface area (Å²) in [5.41, 5.74) is 9.98. The fraction of sp³-hybridized carbons (Fsp3) is 0.143. The Bertz CT molecular complexity index is 506. The Balaban J connectivity index is 2.07. The Labute approximate surface area is 106 Å². The molecule has 17 heavy (non-hydrogen) atoms. The maximum atomic E-state index is 5.94. The van der Waals surface area contributed by atoms with Gasteiger partial charge in [-0.1, -0.05) is 29.3 Å². The third kappa shape index (κ3) is 3.14. The molecule has 0 atom stereocenters. The van der Waals surface area contributed by atoms with E-state index in [-0.39, 0.29) is 0 Å². The number of hydrogen-bond donors (Lipinski definition) is 2. The van der Waals surface area contributed by atoms with Gasteiger partial charge >= 0.3 is 0 Å². The number of aryl methyl sites for hydroxylation is 1.